The van der Waals surface area contributed by atoms with E-state index in [4.69, 9.17) is 0 Å². The van der Waals surface area contributed by atoms with Crippen LogP contribution in [-0.2, 0) is 14.3 Å². The lowest BCUT2D eigenvalue weighted by Crippen LogP contribution is -2.17. The number of Topliss-reactive ketones (excluding diaryl/α,β-unsaturated/α-hetero) is 1. The van der Waals surface area contributed by atoms with Crippen molar-refractivity contribution >= 4 is 11.8 Å². The van der Waals surface area contributed by atoms with E-state index in [0.717, 1.165) is 12.8 Å². The number of carbonyl (C=O) groups is 2. The minimum atomic E-state index is -0.794. The van der Waals surface area contributed by atoms with Gasteiger partial charge in [-0.3, -0.25) is 4.79 Å². The summed E-state index contributed by atoms with van der Waals surface area (Å²) in [5.74, 6) is -1.43. The van der Waals surface area contributed by atoms with E-state index in [1.165, 1.54) is 0 Å². The van der Waals surface area contributed by atoms with Crippen molar-refractivity contribution in [3.05, 3.63) is 11.3 Å². The van der Waals surface area contributed by atoms with Crippen molar-refractivity contribution < 1.29 is 19.4 Å². The number of ketones is 1. The maximum Gasteiger partial charge on any atom is 0.373 e. The van der Waals surface area contributed by atoms with Crippen LogP contribution < -0.4 is 0 Å². The van der Waals surface area contributed by atoms with Crippen LogP contribution >= 0.6 is 0 Å². The molecule has 0 heterocycles. The van der Waals surface area contributed by atoms with E-state index in [2.05, 4.69) is 4.74 Å². The summed E-state index contributed by atoms with van der Waals surface area (Å²) in [6, 6.07) is 0. The van der Waals surface area contributed by atoms with Crippen molar-refractivity contribution in [1.29, 1.82) is 0 Å². The molecule has 1 aliphatic carbocycles. The van der Waals surface area contributed by atoms with Crippen LogP contribution in [0.2, 0.25) is 0 Å². The van der Waals surface area contributed by atoms with Gasteiger partial charge in [0.05, 0.1) is 6.61 Å². The average Bonchev–Trinajstić information content (AvgIpc) is 2.18. The molecule has 0 saturated heterocycles. The maximum absolute atomic E-state index is 11.3. The van der Waals surface area contributed by atoms with Gasteiger partial charge in [0.25, 0.3) is 0 Å². The summed E-state index contributed by atoms with van der Waals surface area (Å²) in [6.45, 7) is 1.85. The number of rotatable bonds is 2. The van der Waals surface area contributed by atoms with Crippen LogP contribution in [0.5, 0.6) is 0 Å². The van der Waals surface area contributed by atoms with E-state index >= 15 is 0 Å². The molecule has 78 valence electrons. The molecule has 0 amide bonds. The molecule has 0 radical (unpaired) electrons. The number of allylic oxidation sites excluding steroid dienone is 1. The molecule has 1 saturated carbocycles. The molecule has 0 aliphatic heterocycles. The number of ether oxygens (including phenoxy) is 1. The van der Waals surface area contributed by atoms with Gasteiger partial charge < -0.3 is 9.84 Å². The maximum atomic E-state index is 11.3. The Morgan fingerprint density at radius 3 is 2.64 bits per heavy atom. The van der Waals surface area contributed by atoms with E-state index in [-0.39, 0.29) is 18.0 Å². The summed E-state index contributed by atoms with van der Waals surface area (Å²) in [5.41, 5.74) is 0.231. The number of hydrogen-bond acceptors (Lipinski definition) is 4. The van der Waals surface area contributed by atoms with Gasteiger partial charge in [-0.1, -0.05) is 0 Å². The van der Waals surface area contributed by atoms with Crippen molar-refractivity contribution in [2.75, 3.05) is 6.61 Å². The van der Waals surface area contributed by atoms with Crippen LogP contribution in [0, 0.1) is 0 Å². The smallest absolute Gasteiger partial charge is 0.373 e. The largest absolute Gasteiger partial charge is 0.502 e. The third-order valence-corrected chi connectivity index (χ3v) is 2.17. The monoisotopic (exact) mass is 198 g/mol. The molecule has 0 aromatic rings. The van der Waals surface area contributed by atoms with Gasteiger partial charge in [0.15, 0.2) is 5.78 Å². The Balaban J connectivity index is 2.79. The molecule has 0 aromatic carbocycles. The van der Waals surface area contributed by atoms with Gasteiger partial charge >= 0.3 is 5.97 Å². The summed E-state index contributed by atoms with van der Waals surface area (Å²) < 4.78 is 4.61. The molecule has 0 bridgehead atoms. The molecule has 1 rings (SSSR count). The second-order valence-corrected chi connectivity index (χ2v) is 3.18. The summed E-state index contributed by atoms with van der Waals surface area (Å²) >= 11 is 0. The topological polar surface area (TPSA) is 63.6 Å². The van der Waals surface area contributed by atoms with Gasteiger partial charge in [0.2, 0.25) is 5.76 Å². The lowest BCUT2D eigenvalue weighted by molar-refractivity contribution is -0.142. The highest BCUT2D eigenvalue weighted by Gasteiger charge is 2.23. The molecule has 4 heteroatoms. The van der Waals surface area contributed by atoms with Gasteiger partial charge in [0.1, 0.15) is 0 Å². The molecule has 1 aliphatic rings. The Hall–Kier alpha value is -1.32. The molecule has 4 nitrogen and oxygen atoms in total. The highest BCUT2D eigenvalue weighted by atomic mass is 16.5. The Morgan fingerprint density at radius 1 is 1.43 bits per heavy atom. The van der Waals surface area contributed by atoms with Crippen molar-refractivity contribution in [2.24, 2.45) is 0 Å². The second-order valence-electron chi connectivity index (χ2n) is 3.18. The summed E-state index contributed by atoms with van der Waals surface area (Å²) in [6.07, 6.45) is 2.56. The zero-order chi connectivity index (χ0) is 10.6. The van der Waals surface area contributed by atoms with E-state index < -0.39 is 11.7 Å². The van der Waals surface area contributed by atoms with Crippen LogP contribution in [0.4, 0.5) is 0 Å². The van der Waals surface area contributed by atoms with Crippen LogP contribution in [0.15, 0.2) is 11.3 Å². The Kier molecular flexibility index (Phi) is 3.68. The number of carbonyl (C=O) groups excluding carboxylic acids is 2. The fourth-order valence-electron chi connectivity index (χ4n) is 1.45. The fourth-order valence-corrected chi connectivity index (χ4v) is 1.45. The highest BCUT2D eigenvalue weighted by Crippen LogP contribution is 2.22. The summed E-state index contributed by atoms with van der Waals surface area (Å²) in [7, 11) is 0. The molecule has 0 spiro atoms. The minimum Gasteiger partial charge on any atom is -0.502 e. The highest BCUT2D eigenvalue weighted by molar-refractivity contribution is 6.02. The minimum absolute atomic E-state index is 0.137. The first kappa shape index (κ1) is 10.8. The Bertz CT molecular complexity index is 278. The number of aliphatic hydroxyl groups is 1. The van der Waals surface area contributed by atoms with Crippen LogP contribution in [0.1, 0.15) is 32.6 Å². The van der Waals surface area contributed by atoms with Crippen LogP contribution in [0.25, 0.3) is 0 Å². The molecule has 0 unspecified atom stereocenters. The van der Waals surface area contributed by atoms with Crippen molar-refractivity contribution in [1.82, 2.24) is 0 Å². The number of esters is 1. The zero-order valence-corrected chi connectivity index (χ0v) is 8.21. The molecular weight excluding hydrogens is 184 g/mol. The van der Waals surface area contributed by atoms with Crippen molar-refractivity contribution in [2.45, 2.75) is 32.6 Å². The van der Waals surface area contributed by atoms with E-state index in [9.17, 15) is 14.7 Å². The third kappa shape index (κ3) is 2.34. The van der Waals surface area contributed by atoms with Gasteiger partial charge in [-0.2, -0.15) is 0 Å². The zero-order valence-electron chi connectivity index (χ0n) is 8.21. The standard InChI is InChI=1S/C10H14O4/c1-2-14-10(13)9(12)7-5-3-4-6-8(7)11/h12H,2-6H2,1H3. The first-order valence-electron chi connectivity index (χ1n) is 4.79. The molecule has 1 fully saturated rings. The fraction of sp³-hybridized carbons (Fsp3) is 0.600. The molecule has 14 heavy (non-hydrogen) atoms. The molecular formula is C10H14O4. The van der Waals surface area contributed by atoms with Crippen molar-refractivity contribution in [3.8, 4) is 0 Å². The van der Waals surface area contributed by atoms with E-state index in [1.807, 2.05) is 0 Å². The number of aliphatic hydroxyl groups excluding tert-OH is 1. The number of hydrogen-bond donors (Lipinski definition) is 1. The van der Waals surface area contributed by atoms with E-state index in [0.29, 0.717) is 12.8 Å². The predicted octanol–water partition coefficient (Wildman–Crippen LogP) is 1.50. The Morgan fingerprint density at radius 2 is 2.07 bits per heavy atom. The average molecular weight is 198 g/mol. The molecule has 0 atom stereocenters. The van der Waals surface area contributed by atoms with Gasteiger partial charge in [-0.15, -0.1) is 0 Å². The molecule has 0 aromatic heterocycles. The van der Waals surface area contributed by atoms with Crippen LogP contribution in [-0.4, -0.2) is 23.5 Å². The molecule has 1 N–H and O–H groups in total. The second kappa shape index (κ2) is 4.79. The van der Waals surface area contributed by atoms with Gasteiger partial charge in [-0.05, 0) is 26.2 Å². The first-order valence-corrected chi connectivity index (χ1v) is 4.79. The van der Waals surface area contributed by atoms with Gasteiger partial charge in [0, 0.05) is 12.0 Å². The normalized spacial score (nSPS) is 20.5. The lowest BCUT2D eigenvalue weighted by atomic mass is 9.92. The Labute approximate surface area is 82.6 Å². The quantitative estimate of drug-likeness (QED) is 0.415. The summed E-state index contributed by atoms with van der Waals surface area (Å²) in [4.78, 5) is 22.4. The SMILES string of the molecule is CCOC(=O)C(O)=C1CCCCC1=O. The lowest BCUT2D eigenvalue weighted by Gasteiger charge is -2.13. The van der Waals surface area contributed by atoms with Crippen LogP contribution in [0.3, 0.4) is 0 Å². The van der Waals surface area contributed by atoms with Gasteiger partial charge in [-0.25, -0.2) is 4.79 Å². The van der Waals surface area contributed by atoms with Crippen molar-refractivity contribution in [3.63, 3.8) is 0 Å². The van der Waals surface area contributed by atoms with E-state index in [1.54, 1.807) is 6.92 Å². The first-order chi connectivity index (χ1) is 6.66. The predicted molar refractivity (Wildman–Crippen MR) is 49.8 cm³/mol. The third-order valence-electron chi connectivity index (χ3n) is 2.17. The summed E-state index contributed by atoms with van der Waals surface area (Å²) in [5, 5.41) is 9.43.